The van der Waals surface area contributed by atoms with Gasteiger partial charge in [0, 0.05) is 12.4 Å². The first-order chi connectivity index (χ1) is 8.66. The van der Waals surface area contributed by atoms with E-state index in [1.807, 2.05) is 19.1 Å². The topological polar surface area (TPSA) is 59.4 Å². The second-order valence-corrected chi connectivity index (χ2v) is 3.87. The molecule has 0 spiro atoms. The summed E-state index contributed by atoms with van der Waals surface area (Å²) >= 11 is 0. The van der Waals surface area contributed by atoms with Crippen molar-refractivity contribution in [2.45, 2.75) is 13.0 Å². The third-order valence-corrected chi connectivity index (χ3v) is 2.57. The largest absolute Gasteiger partial charge is 0.486 e. The number of ether oxygens (including phenoxy) is 1. The van der Waals surface area contributed by atoms with Crippen LogP contribution in [0.4, 0.5) is 0 Å². The molecule has 4 nitrogen and oxygen atoms in total. The van der Waals surface area contributed by atoms with E-state index in [1.54, 1.807) is 24.5 Å². The maximum atomic E-state index is 10.8. The Morgan fingerprint density at radius 3 is 2.67 bits per heavy atom. The number of hydrogen-bond acceptors (Lipinski definition) is 3. The lowest BCUT2D eigenvalue weighted by molar-refractivity contribution is 0.0696. The summed E-state index contributed by atoms with van der Waals surface area (Å²) in [6, 6.07) is 10.2. The summed E-state index contributed by atoms with van der Waals surface area (Å²) < 4.78 is 5.70. The van der Waals surface area contributed by atoms with E-state index in [0.29, 0.717) is 5.75 Å². The van der Waals surface area contributed by atoms with Crippen LogP contribution in [-0.2, 0) is 0 Å². The van der Waals surface area contributed by atoms with E-state index in [4.69, 9.17) is 9.84 Å². The Balaban J connectivity index is 2.14. The normalized spacial score (nSPS) is 11.8. The zero-order valence-electron chi connectivity index (χ0n) is 9.91. The fourth-order valence-corrected chi connectivity index (χ4v) is 1.61. The number of carboxylic acid groups (broad SMARTS) is 1. The van der Waals surface area contributed by atoms with E-state index in [0.717, 1.165) is 5.56 Å². The van der Waals surface area contributed by atoms with Crippen molar-refractivity contribution in [1.82, 2.24) is 4.98 Å². The highest BCUT2D eigenvalue weighted by Crippen LogP contribution is 2.22. The monoisotopic (exact) mass is 243 g/mol. The first kappa shape index (κ1) is 12.1. The first-order valence-electron chi connectivity index (χ1n) is 5.57. The van der Waals surface area contributed by atoms with Crippen LogP contribution < -0.4 is 4.74 Å². The van der Waals surface area contributed by atoms with Crippen molar-refractivity contribution in [3.8, 4) is 5.75 Å². The smallest absolute Gasteiger partial charge is 0.335 e. The molecule has 1 unspecified atom stereocenters. The number of aromatic nitrogens is 1. The number of pyridine rings is 1. The summed E-state index contributed by atoms with van der Waals surface area (Å²) in [6.07, 6.45) is 3.24. The van der Waals surface area contributed by atoms with Gasteiger partial charge in [-0.3, -0.25) is 4.98 Å². The molecular formula is C14H13NO3. The van der Waals surface area contributed by atoms with Gasteiger partial charge in [0.15, 0.2) is 0 Å². The summed E-state index contributed by atoms with van der Waals surface area (Å²) in [5, 5.41) is 8.90. The lowest BCUT2D eigenvalue weighted by atomic mass is 10.1. The van der Waals surface area contributed by atoms with Crippen molar-refractivity contribution in [3.63, 3.8) is 0 Å². The summed E-state index contributed by atoms with van der Waals surface area (Å²) in [4.78, 5) is 14.8. The second kappa shape index (κ2) is 5.31. The van der Waals surface area contributed by atoms with Crippen molar-refractivity contribution in [2.75, 3.05) is 0 Å². The van der Waals surface area contributed by atoms with Crippen LogP contribution in [0.5, 0.6) is 5.75 Å². The quantitative estimate of drug-likeness (QED) is 0.896. The summed E-state index contributed by atoms with van der Waals surface area (Å²) in [5.74, 6) is -0.420. The number of benzene rings is 1. The van der Waals surface area contributed by atoms with Crippen LogP contribution in [0, 0.1) is 0 Å². The lowest BCUT2D eigenvalue weighted by Gasteiger charge is -2.15. The predicted octanol–water partition coefficient (Wildman–Crippen LogP) is 2.92. The molecule has 4 heteroatoms. The van der Waals surface area contributed by atoms with Gasteiger partial charge >= 0.3 is 5.97 Å². The molecule has 1 atom stereocenters. The Kier molecular flexibility index (Phi) is 3.57. The fraction of sp³-hybridized carbons (Fsp3) is 0.143. The maximum Gasteiger partial charge on any atom is 0.335 e. The zero-order chi connectivity index (χ0) is 13.0. The van der Waals surface area contributed by atoms with E-state index < -0.39 is 5.97 Å². The molecule has 0 aliphatic rings. The van der Waals surface area contributed by atoms with E-state index in [9.17, 15) is 4.79 Å². The average molecular weight is 243 g/mol. The molecule has 92 valence electrons. The number of rotatable bonds is 4. The zero-order valence-corrected chi connectivity index (χ0v) is 9.91. The van der Waals surface area contributed by atoms with Gasteiger partial charge in [0.25, 0.3) is 0 Å². The molecular weight excluding hydrogens is 230 g/mol. The summed E-state index contributed by atoms with van der Waals surface area (Å²) in [6.45, 7) is 1.91. The van der Waals surface area contributed by atoms with Crippen LogP contribution >= 0.6 is 0 Å². The molecule has 2 aromatic rings. The highest BCUT2D eigenvalue weighted by Gasteiger charge is 2.09. The molecule has 1 aromatic heterocycles. The SMILES string of the molecule is CC(Oc1cccc(C(=O)O)c1)c1ccncc1. The van der Waals surface area contributed by atoms with Crippen LogP contribution in [0.1, 0.15) is 28.9 Å². The molecule has 0 fully saturated rings. The predicted molar refractivity (Wildman–Crippen MR) is 66.7 cm³/mol. The minimum absolute atomic E-state index is 0.156. The van der Waals surface area contributed by atoms with E-state index >= 15 is 0 Å². The molecule has 0 saturated heterocycles. The molecule has 0 saturated carbocycles. The number of carboxylic acids is 1. The van der Waals surface area contributed by atoms with Crippen LogP contribution in [0.3, 0.4) is 0 Å². The maximum absolute atomic E-state index is 10.8. The van der Waals surface area contributed by atoms with E-state index in [-0.39, 0.29) is 11.7 Å². The Morgan fingerprint density at radius 2 is 2.00 bits per heavy atom. The number of hydrogen-bond donors (Lipinski definition) is 1. The third-order valence-electron chi connectivity index (χ3n) is 2.57. The first-order valence-corrected chi connectivity index (χ1v) is 5.57. The van der Waals surface area contributed by atoms with Crippen molar-refractivity contribution < 1.29 is 14.6 Å². The standard InChI is InChI=1S/C14H13NO3/c1-10(11-5-7-15-8-6-11)18-13-4-2-3-12(9-13)14(16)17/h2-10H,1H3,(H,16,17). The number of carbonyl (C=O) groups is 1. The van der Waals surface area contributed by atoms with Gasteiger partial charge in [0.05, 0.1) is 5.56 Å². The van der Waals surface area contributed by atoms with Crippen molar-refractivity contribution in [1.29, 1.82) is 0 Å². The minimum atomic E-state index is -0.961. The van der Waals surface area contributed by atoms with Crippen molar-refractivity contribution in [3.05, 3.63) is 59.9 Å². The van der Waals surface area contributed by atoms with E-state index in [1.165, 1.54) is 12.1 Å². The number of nitrogens with zero attached hydrogens (tertiary/aromatic N) is 1. The molecule has 1 heterocycles. The molecule has 0 amide bonds. The molecule has 1 N–H and O–H groups in total. The van der Waals surface area contributed by atoms with Crippen LogP contribution in [0.25, 0.3) is 0 Å². The Bertz CT molecular complexity index is 540. The van der Waals surface area contributed by atoms with E-state index in [2.05, 4.69) is 4.98 Å². The Hall–Kier alpha value is -2.36. The van der Waals surface area contributed by atoms with Crippen LogP contribution in [0.15, 0.2) is 48.8 Å². The minimum Gasteiger partial charge on any atom is -0.486 e. The van der Waals surface area contributed by atoms with Crippen LogP contribution in [-0.4, -0.2) is 16.1 Å². The van der Waals surface area contributed by atoms with Gasteiger partial charge in [-0.1, -0.05) is 6.07 Å². The van der Waals surface area contributed by atoms with Gasteiger partial charge < -0.3 is 9.84 Å². The molecule has 0 aliphatic carbocycles. The van der Waals surface area contributed by atoms with Gasteiger partial charge in [-0.25, -0.2) is 4.79 Å². The molecule has 0 aliphatic heterocycles. The van der Waals surface area contributed by atoms with Gasteiger partial charge in [0.2, 0.25) is 0 Å². The van der Waals surface area contributed by atoms with Crippen molar-refractivity contribution >= 4 is 5.97 Å². The lowest BCUT2D eigenvalue weighted by Crippen LogP contribution is -2.04. The molecule has 18 heavy (non-hydrogen) atoms. The molecule has 0 radical (unpaired) electrons. The van der Waals surface area contributed by atoms with Crippen molar-refractivity contribution in [2.24, 2.45) is 0 Å². The second-order valence-electron chi connectivity index (χ2n) is 3.87. The third kappa shape index (κ3) is 2.85. The average Bonchev–Trinajstić information content (AvgIpc) is 2.40. The fourth-order valence-electron chi connectivity index (χ4n) is 1.61. The van der Waals surface area contributed by atoms with Gasteiger partial charge in [-0.15, -0.1) is 0 Å². The molecule has 2 rings (SSSR count). The highest BCUT2D eigenvalue weighted by molar-refractivity contribution is 5.87. The van der Waals surface area contributed by atoms with Gasteiger partial charge in [-0.2, -0.15) is 0 Å². The summed E-state index contributed by atoms with van der Waals surface area (Å²) in [5.41, 5.74) is 1.21. The molecule has 0 bridgehead atoms. The highest BCUT2D eigenvalue weighted by atomic mass is 16.5. The summed E-state index contributed by atoms with van der Waals surface area (Å²) in [7, 11) is 0. The number of aromatic carboxylic acids is 1. The Morgan fingerprint density at radius 1 is 1.28 bits per heavy atom. The Labute approximate surface area is 105 Å². The molecule has 1 aromatic carbocycles. The van der Waals surface area contributed by atoms with Crippen LogP contribution in [0.2, 0.25) is 0 Å². The van der Waals surface area contributed by atoms with Gasteiger partial charge in [-0.05, 0) is 42.8 Å². The van der Waals surface area contributed by atoms with Gasteiger partial charge in [0.1, 0.15) is 11.9 Å².